The lowest BCUT2D eigenvalue weighted by Gasteiger charge is -2.16. The number of halogens is 1. The van der Waals surface area contributed by atoms with E-state index >= 15 is 0 Å². The summed E-state index contributed by atoms with van der Waals surface area (Å²) in [6, 6.07) is 6.17. The number of rotatable bonds is 4. The minimum absolute atomic E-state index is 0.201. The first kappa shape index (κ1) is 14.5. The molecular formula is C15H17ClN4S. The van der Waals surface area contributed by atoms with Gasteiger partial charge in [-0.1, -0.05) is 11.6 Å². The Kier molecular flexibility index (Phi) is 3.97. The number of thiophene rings is 1. The molecule has 0 bridgehead atoms. The standard InChI is InChI=1S/C15H17ClN4S/c1-9-6-15-18-8-13(11(3)20(15)19-9)10(2)17-7-12-4-5-14(16)21-12/h4-6,8,10,17H,7H2,1-3H3. The molecule has 0 aliphatic heterocycles. The first-order chi connectivity index (χ1) is 10.0. The van der Waals surface area contributed by atoms with Crippen molar-refractivity contribution in [2.24, 2.45) is 0 Å². The Morgan fingerprint density at radius 1 is 1.38 bits per heavy atom. The SMILES string of the molecule is Cc1cc2ncc(C(C)NCc3ccc(Cl)s3)c(C)n2n1. The van der Waals surface area contributed by atoms with Gasteiger partial charge in [-0.15, -0.1) is 11.3 Å². The van der Waals surface area contributed by atoms with Crippen LogP contribution in [0.2, 0.25) is 4.34 Å². The molecule has 3 heterocycles. The molecule has 3 aromatic heterocycles. The lowest BCUT2D eigenvalue weighted by Crippen LogP contribution is -2.19. The maximum atomic E-state index is 5.95. The summed E-state index contributed by atoms with van der Waals surface area (Å²) >= 11 is 7.56. The summed E-state index contributed by atoms with van der Waals surface area (Å²) in [5.74, 6) is 0. The zero-order valence-corrected chi connectivity index (χ0v) is 13.8. The van der Waals surface area contributed by atoms with Gasteiger partial charge in [-0.2, -0.15) is 5.10 Å². The summed E-state index contributed by atoms with van der Waals surface area (Å²) in [5, 5.41) is 8.00. The Labute approximate surface area is 132 Å². The summed E-state index contributed by atoms with van der Waals surface area (Å²) in [4.78, 5) is 5.72. The zero-order valence-electron chi connectivity index (χ0n) is 12.2. The molecule has 0 aliphatic rings. The molecule has 110 valence electrons. The van der Waals surface area contributed by atoms with E-state index in [-0.39, 0.29) is 6.04 Å². The van der Waals surface area contributed by atoms with Crippen molar-refractivity contribution in [3.63, 3.8) is 0 Å². The van der Waals surface area contributed by atoms with Crippen LogP contribution in [-0.2, 0) is 6.54 Å². The number of aryl methyl sites for hydroxylation is 2. The van der Waals surface area contributed by atoms with Crippen LogP contribution in [-0.4, -0.2) is 14.6 Å². The number of fused-ring (bicyclic) bond motifs is 1. The minimum atomic E-state index is 0.201. The van der Waals surface area contributed by atoms with Gasteiger partial charge in [0, 0.05) is 41.0 Å². The maximum absolute atomic E-state index is 5.95. The van der Waals surface area contributed by atoms with E-state index in [0.717, 1.165) is 33.5 Å². The van der Waals surface area contributed by atoms with Crippen molar-refractivity contribution in [1.82, 2.24) is 19.9 Å². The van der Waals surface area contributed by atoms with Gasteiger partial charge in [0.05, 0.1) is 10.0 Å². The predicted molar refractivity (Wildman–Crippen MR) is 87.0 cm³/mol. The van der Waals surface area contributed by atoms with Gasteiger partial charge in [0.1, 0.15) is 0 Å². The van der Waals surface area contributed by atoms with Crippen LogP contribution in [0, 0.1) is 13.8 Å². The van der Waals surface area contributed by atoms with Crippen LogP contribution in [0.5, 0.6) is 0 Å². The predicted octanol–water partition coefficient (Wildman–Crippen LogP) is 3.91. The normalized spacial score (nSPS) is 13.0. The summed E-state index contributed by atoms with van der Waals surface area (Å²) in [7, 11) is 0. The molecule has 3 rings (SSSR count). The third-order valence-electron chi connectivity index (χ3n) is 3.56. The number of aromatic nitrogens is 3. The molecule has 0 saturated carbocycles. The van der Waals surface area contributed by atoms with Crippen molar-refractivity contribution < 1.29 is 0 Å². The molecule has 0 fully saturated rings. The molecule has 1 N–H and O–H groups in total. The van der Waals surface area contributed by atoms with Crippen molar-refractivity contribution in [3.05, 3.63) is 50.6 Å². The number of nitrogens with one attached hydrogen (secondary N) is 1. The van der Waals surface area contributed by atoms with Crippen molar-refractivity contribution in [1.29, 1.82) is 0 Å². The quantitative estimate of drug-likeness (QED) is 0.792. The largest absolute Gasteiger partial charge is 0.305 e. The van der Waals surface area contributed by atoms with E-state index in [2.05, 4.69) is 35.3 Å². The molecule has 0 radical (unpaired) electrons. The third-order valence-corrected chi connectivity index (χ3v) is 4.79. The summed E-state index contributed by atoms with van der Waals surface area (Å²) in [5.41, 5.74) is 4.16. The van der Waals surface area contributed by atoms with E-state index in [4.69, 9.17) is 11.6 Å². The van der Waals surface area contributed by atoms with Crippen LogP contribution in [0.15, 0.2) is 24.4 Å². The van der Waals surface area contributed by atoms with Crippen molar-refractivity contribution in [3.8, 4) is 0 Å². The van der Waals surface area contributed by atoms with Gasteiger partial charge in [0.25, 0.3) is 0 Å². The molecule has 4 nitrogen and oxygen atoms in total. The fourth-order valence-corrected chi connectivity index (χ4v) is 3.45. The Bertz CT molecular complexity index is 777. The van der Waals surface area contributed by atoms with E-state index in [1.165, 1.54) is 4.88 Å². The molecule has 1 atom stereocenters. The molecule has 1 unspecified atom stereocenters. The number of hydrogen-bond acceptors (Lipinski definition) is 4. The van der Waals surface area contributed by atoms with Crippen LogP contribution in [0.1, 0.15) is 34.8 Å². The lowest BCUT2D eigenvalue weighted by molar-refractivity contribution is 0.569. The Morgan fingerprint density at radius 3 is 2.90 bits per heavy atom. The highest BCUT2D eigenvalue weighted by Crippen LogP contribution is 2.23. The summed E-state index contributed by atoms with van der Waals surface area (Å²) in [6.07, 6.45) is 1.94. The first-order valence-electron chi connectivity index (χ1n) is 6.84. The number of hydrogen-bond donors (Lipinski definition) is 1. The van der Waals surface area contributed by atoms with E-state index in [1.807, 2.05) is 29.8 Å². The third kappa shape index (κ3) is 2.95. The van der Waals surface area contributed by atoms with Gasteiger partial charge in [-0.05, 0) is 32.9 Å². The average molecular weight is 321 g/mol. The van der Waals surface area contributed by atoms with E-state index in [9.17, 15) is 0 Å². The molecule has 0 aliphatic carbocycles. The maximum Gasteiger partial charge on any atom is 0.155 e. The Hall–Kier alpha value is -1.43. The van der Waals surface area contributed by atoms with Gasteiger partial charge < -0.3 is 5.32 Å². The molecule has 0 aromatic carbocycles. The van der Waals surface area contributed by atoms with E-state index < -0.39 is 0 Å². The topological polar surface area (TPSA) is 42.2 Å². The van der Waals surface area contributed by atoms with Crippen LogP contribution < -0.4 is 5.32 Å². The van der Waals surface area contributed by atoms with Gasteiger partial charge in [-0.3, -0.25) is 0 Å². The van der Waals surface area contributed by atoms with Gasteiger partial charge in [0.2, 0.25) is 0 Å². The Morgan fingerprint density at radius 2 is 2.19 bits per heavy atom. The highest BCUT2D eigenvalue weighted by Gasteiger charge is 2.13. The summed E-state index contributed by atoms with van der Waals surface area (Å²) in [6.45, 7) is 7.00. The van der Waals surface area contributed by atoms with Crippen LogP contribution >= 0.6 is 22.9 Å². The molecule has 0 spiro atoms. The Balaban J connectivity index is 1.80. The molecule has 0 amide bonds. The van der Waals surface area contributed by atoms with Gasteiger partial charge >= 0.3 is 0 Å². The fourth-order valence-electron chi connectivity index (χ4n) is 2.41. The van der Waals surface area contributed by atoms with Crippen LogP contribution in [0.4, 0.5) is 0 Å². The lowest BCUT2D eigenvalue weighted by atomic mass is 10.1. The van der Waals surface area contributed by atoms with Crippen molar-refractivity contribution in [2.45, 2.75) is 33.4 Å². The fraction of sp³-hybridized carbons (Fsp3) is 0.333. The van der Waals surface area contributed by atoms with Gasteiger partial charge in [-0.25, -0.2) is 9.50 Å². The second-order valence-electron chi connectivity index (χ2n) is 5.16. The van der Waals surface area contributed by atoms with Crippen LogP contribution in [0.25, 0.3) is 5.65 Å². The van der Waals surface area contributed by atoms with Crippen molar-refractivity contribution in [2.75, 3.05) is 0 Å². The smallest absolute Gasteiger partial charge is 0.155 e. The average Bonchev–Trinajstić information content (AvgIpc) is 3.02. The van der Waals surface area contributed by atoms with Crippen molar-refractivity contribution >= 4 is 28.6 Å². The molecule has 0 saturated heterocycles. The van der Waals surface area contributed by atoms with Crippen LogP contribution in [0.3, 0.4) is 0 Å². The first-order valence-corrected chi connectivity index (χ1v) is 8.03. The molecule has 3 aromatic rings. The summed E-state index contributed by atoms with van der Waals surface area (Å²) < 4.78 is 2.73. The second kappa shape index (κ2) is 5.75. The monoisotopic (exact) mass is 320 g/mol. The van der Waals surface area contributed by atoms with E-state index in [1.54, 1.807) is 11.3 Å². The molecule has 21 heavy (non-hydrogen) atoms. The zero-order chi connectivity index (χ0) is 15.0. The highest BCUT2D eigenvalue weighted by atomic mass is 35.5. The minimum Gasteiger partial charge on any atom is -0.305 e. The molecule has 6 heteroatoms. The van der Waals surface area contributed by atoms with E-state index in [0.29, 0.717) is 0 Å². The highest BCUT2D eigenvalue weighted by molar-refractivity contribution is 7.16. The number of nitrogens with zero attached hydrogens (tertiary/aromatic N) is 3. The van der Waals surface area contributed by atoms with Gasteiger partial charge in [0.15, 0.2) is 5.65 Å². The molecular weight excluding hydrogens is 304 g/mol. The second-order valence-corrected chi connectivity index (χ2v) is 6.96.